The SMILES string of the molecule is COC(=O)c1ccc(N2CCCC(O)C2=O)cc1. The molecule has 0 bridgehead atoms. The van der Waals surface area contributed by atoms with Gasteiger partial charge in [0.1, 0.15) is 6.10 Å². The van der Waals surface area contributed by atoms with Crippen LogP contribution in [0.3, 0.4) is 0 Å². The van der Waals surface area contributed by atoms with Gasteiger partial charge in [0.05, 0.1) is 12.7 Å². The Balaban J connectivity index is 2.19. The monoisotopic (exact) mass is 249 g/mol. The number of aliphatic hydroxyl groups is 1. The highest BCUT2D eigenvalue weighted by atomic mass is 16.5. The molecule has 0 aromatic heterocycles. The molecule has 1 aliphatic rings. The Morgan fingerprint density at radius 2 is 2.06 bits per heavy atom. The fraction of sp³-hybridized carbons (Fsp3) is 0.385. The number of carbonyl (C=O) groups is 2. The van der Waals surface area contributed by atoms with Gasteiger partial charge in [-0.25, -0.2) is 4.79 Å². The molecule has 1 heterocycles. The molecular formula is C13H15NO4. The molecule has 0 saturated carbocycles. The number of hydrogen-bond donors (Lipinski definition) is 1. The van der Waals surface area contributed by atoms with Crippen LogP contribution in [0.2, 0.25) is 0 Å². The van der Waals surface area contributed by atoms with Crippen molar-refractivity contribution < 1.29 is 19.4 Å². The lowest BCUT2D eigenvalue weighted by Crippen LogP contribution is -2.44. The van der Waals surface area contributed by atoms with Crippen LogP contribution in [0.1, 0.15) is 23.2 Å². The van der Waals surface area contributed by atoms with Crippen LogP contribution < -0.4 is 4.90 Å². The first-order valence-electron chi connectivity index (χ1n) is 5.81. The van der Waals surface area contributed by atoms with Crippen molar-refractivity contribution in [3.8, 4) is 0 Å². The minimum atomic E-state index is -0.918. The van der Waals surface area contributed by atoms with Crippen molar-refractivity contribution >= 4 is 17.6 Å². The molecule has 1 aromatic rings. The lowest BCUT2D eigenvalue weighted by Gasteiger charge is -2.29. The number of piperidine rings is 1. The average molecular weight is 249 g/mol. The van der Waals surface area contributed by atoms with E-state index in [1.807, 2.05) is 0 Å². The van der Waals surface area contributed by atoms with Crippen molar-refractivity contribution in [2.45, 2.75) is 18.9 Å². The average Bonchev–Trinajstić information content (AvgIpc) is 2.41. The third-order valence-electron chi connectivity index (χ3n) is 3.01. The van der Waals surface area contributed by atoms with Crippen LogP contribution in [0.15, 0.2) is 24.3 Å². The van der Waals surface area contributed by atoms with Crippen LogP contribution in [-0.4, -0.2) is 36.7 Å². The number of benzene rings is 1. The molecule has 1 aliphatic heterocycles. The number of ether oxygens (including phenoxy) is 1. The van der Waals surface area contributed by atoms with E-state index in [1.54, 1.807) is 24.3 Å². The van der Waals surface area contributed by atoms with Crippen molar-refractivity contribution in [2.75, 3.05) is 18.6 Å². The highest BCUT2D eigenvalue weighted by Crippen LogP contribution is 2.21. The van der Waals surface area contributed by atoms with Gasteiger partial charge in [-0.3, -0.25) is 4.79 Å². The third kappa shape index (κ3) is 2.36. The molecular weight excluding hydrogens is 234 g/mol. The topological polar surface area (TPSA) is 66.8 Å². The zero-order valence-corrected chi connectivity index (χ0v) is 10.1. The van der Waals surface area contributed by atoms with Crippen molar-refractivity contribution in [2.24, 2.45) is 0 Å². The summed E-state index contributed by atoms with van der Waals surface area (Å²) in [6, 6.07) is 6.58. The zero-order valence-electron chi connectivity index (χ0n) is 10.1. The molecule has 18 heavy (non-hydrogen) atoms. The molecule has 1 amide bonds. The Morgan fingerprint density at radius 3 is 2.67 bits per heavy atom. The van der Waals surface area contributed by atoms with Gasteiger partial charge in [-0.1, -0.05) is 0 Å². The number of aliphatic hydroxyl groups excluding tert-OH is 1. The van der Waals surface area contributed by atoms with E-state index < -0.39 is 12.1 Å². The summed E-state index contributed by atoms with van der Waals surface area (Å²) >= 11 is 0. The van der Waals surface area contributed by atoms with E-state index in [1.165, 1.54) is 12.0 Å². The van der Waals surface area contributed by atoms with Gasteiger partial charge >= 0.3 is 5.97 Å². The Hall–Kier alpha value is -1.88. The molecule has 2 rings (SSSR count). The first-order chi connectivity index (χ1) is 8.63. The number of amides is 1. The molecule has 96 valence electrons. The Labute approximate surface area is 105 Å². The Kier molecular flexibility index (Phi) is 3.62. The molecule has 1 unspecified atom stereocenters. The predicted octanol–water partition coefficient (Wildman–Crippen LogP) is 0.961. The van der Waals surface area contributed by atoms with Gasteiger partial charge in [0.2, 0.25) is 0 Å². The summed E-state index contributed by atoms with van der Waals surface area (Å²) in [6.07, 6.45) is 0.361. The van der Waals surface area contributed by atoms with E-state index in [2.05, 4.69) is 4.74 Å². The summed E-state index contributed by atoms with van der Waals surface area (Å²) in [5.41, 5.74) is 1.12. The molecule has 1 aromatic carbocycles. The summed E-state index contributed by atoms with van der Waals surface area (Å²) in [4.78, 5) is 24.6. The summed E-state index contributed by atoms with van der Waals surface area (Å²) in [6.45, 7) is 0.591. The van der Waals surface area contributed by atoms with Crippen LogP contribution in [0.5, 0.6) is 0 Å². The van der Waals surface area contributed by atoms with E-state index in [0.717, 1.165) is 6.42 Å². The number of hydrogen-bond acceptors (Lipinski definition) is 4. The summed E-state index contributed by atoms with van der Waals surface area (Å²) in [7, 11) is 1.32. The van der Waals surface area contributed by atoms with Gasteiger partial charge in [-0.2, -0.15) is 0 Å². The van der Waals surface area contributed by atoms with Crippen LogP contribution in [-0.2, 0) is 9.53 Å². The highest BCUT2D eigenvalue weighted by molar-refractivity contribution is 5.97. The molecule has 0 radical (unpaired) electrons. The van der Waals surface area contributed by atoms with E-state index in [9.17, 15) is 14.7 Å². The summed E-state index contributed by atoms with van der Waals surface area (Å²) in [5.74, 6) is -0.696. The minimum Gasteiger partial charge on any atom is -0.465 e. The van der Waals surface area contributed by atoms with Crippen molar-refractivity contribution in [3.05, 3.63) is 29.8 Å². The largest absolute Gasteiger partial charge is 0.465 e. The van der Waals surface area contributed by atoms with E-state index in [-0.39, 0.29) is 5.91 Å². The Morgan fingerprint density at radius 1 is 1.39 bits per heavy atom. The smallest absolute Gasteiger partial charge is 0.337 e. The zero-order chi connectivity index (χ0) is 13.1. The number of anilines is 1. The number of nitrogens with zero attached hydrogens (tertiary/aromatic N) is 1. The van der Waals surface area contributed by atoms with Crippen LogP contribution in [0.4, 0.5) is 5.69 Å². The fourth-order valence-corrected chi connectivity index (χ4v) is 2.01. The molecule has 0 aliphatic carbocycles. The second-order valence-corrected chi connectivity index (χ2v) is 4.19. The third-order valence-corrected chi connectivity index (χ3v) is 3.01. The maximum Gasteiger partial charge on any atom is 0.337 e. The van der Waals surface area contributed by atoms with Crippen molar-refractivity contribution in [3.63, 3.8) is 0 Å². The molecule has 5 nitrogen and oxygen atoms in total. The van der Waals surface area contributed by atoms with Gasteiger partial charge in [0.25, 0.3) is 5.91 Å². The van der Waals surface area contributed by atoms with Gasteiger partial charge in [-0.05, 0) is 37.1 Å². The van der Waals surface area contributed by atoms with Gasteiger partial charge in [-0.15, -0.1) is 0 Å². The number of rotatable bonds is 2. The normalized spacial score (nSPS) is 19.8. The molecule has 1 N–H and O–H groups in total. The second-order valence-electron chi connectivity index (χ2n) is 4.19. The van der Waals surface area contributed by atoms with E-state index >= 15 is 0 Å². The molecule has 1 saturated heterocycles. The molecule has 5 heteroatoms. The van der Waals surface area contributed by atoms with Crippen molar-refractivity contribution in [1.29, 1.82) is 0 Å². The maximum atomic E-state index is 11.8. The van der Waals surface area contributed by atoms with Gasteiger partial charge in [0.15, 0.2) is 0 Å². The fourth-order valence-electron chi connectivity index (χ4n) is 2.01. The van der Waals surface area contributed by atoms with Crippen LogP contribution in [0, 0.1) is 0 Å². The van der Waals surface area contributed by atoms with E-state index in [4.69, 9.17) is 0 Å². The molecule has 1 fully saturated rings. The standard InChI is InChI=1S/C13H15NO4/c1-18-13(17)9-4-6-10(7-5-9)14-8-2-3-11(15)12(14)16/h4-7,11,15H,2-3,8H2,1H3. The highest BCUT2D eigenvalue weighted by Gasteiger charge is 2.27. The second kappa shape index (κ2) is 5.18. The first-order valence-corrected chi connectivity index (χ1v) is 5.81. The lowest BCUT2D eigenvalue weighted by molar-refractivity contribution is -0.128. The Bertz CT molecular complexity index is 455. The van der Waals surface area contributed by atoms with Crippen LogP contribution in [0.25, 0.3) is 0 Å². The number of esters is 1. The van der Waals surface area contributed by atoms with Gasteiger partial charge in [0, 0.05) is 12.2 Å². The maximum absolute atomic E-state index is 11.8. The number of methoxy groups -OCH3 is 1. The summed E-state index contributed by atoms with van der Waals surface area (Å²) < 4.78 is 4.60. The van der Waals surface area contributed by atoms with Crippen molar-refractivity contribution in [1.82, 2.24) is 0 Å². The first kappa shape index (κ1) is 12.6. The van der Waals surface area contributed by atoms with Crippen LogP contribution >= 0.6 is 0 Å². The molecule has 1 atom stereocenters. The van der Waals surface area contributed by atoms with E-state index in [0.29, 0.717) is 24.2 Å². The summed E-state index contributed by atoms with van der Waals surface area (Å²) in [5, 5.41) is 9.52. The lowest BCUT2D eigenvalue weighted by atomic mass is 10.1. The predicted molar refractivity (Wildman–Crippen MR) is 65.4 cm³/mol. The van der Waals surface area contributed by atoms with Gasteiger partial charge < -0.3 is 14.7 Å². The quantitative estimate of drug-likeness (QED) is 0.793. The molecule has 0 spiro atoms. The minimum absolute atomic E-state index is 0.285. The number of carbonyl (C=O) groups excluding carboxylic acids is 2.